The Labute approximate surface area is 172 Å². The fourth-order valence-corrected chi connectivity index (χ4v) is 5.40. The fourth-order valence-electron chi connectivity index (χ4n) is 3.92. The molecule has 5 nitrogen and oxygen atoms in total. The Kier molecular flexibility index (Phi) is 7.23. The first-order chi connectivity index (χ1) is 13.5. The Morgan fingerprint density at radius 3 is 2.75 bits per heavy atom. The van der Waals surface area contributed by atoms with Crippen LogP contribution in [0.25, 0.3) is 0 Å². The molecular weight excluding hydrogens is 375 g/mol. The fraction of sp³-hybridized carbons (Fsp3) is 0.667. The number of aliphatic imine (C=N–C) groups is 1. The molecule has 2 fully saturated rings. The van der Waals surface area contributed by atoms with E-state index in [4.69, 9.17) is 4.74 Å². The number of thioether (sulfide) groups is 1. The summed E-state index contributed by atoms with van der Waals surface area (Å²) in [6, 6.07) is 6.84. The minimum absolute atomic E-state index is 0.171. The third kappa shape index (κ3) is 5.19. The van der Waals surface area contributed by atoms with Crippen molar-refractivity contribution < 1.29 is 9.13 Å². The number of benzene rings is 1. The molecular formula is C21H33FN4OS. The van der Waals surface area contributed by atoms with E-state index in [1.165, 1.54) is 18.2 Å². The lowest BCUT2D eigenvalue weighted by molar-refractivity contribution is -0.0120. The molecule has 0 bridgehead atoms. The molecule has 7 heteroatoms. The first-order valence-electron chi connectivity index (χ1n) is 10.1. The summed E-state index contributed by atoms with van der Waals surface area (Å²) in [4.78, 5) is 7.00. The summed E-state index contributed by atoms with van der Waals surface area (Å²) < 4.78 is 19.1. The Morgan fingerprint density at radius 1 is 1.32 bits per heavy atom. The summed E-state index contributed by atoms with van der Waals surface area (Å²) in [5, 5.41) is 6.99. The second-order valence-corrected chi connectivity index (χ2v) is 9.41. The number of guanidine groups is 1. The zero-order valence-corrected chi connectivity index (χ0v) is 18.1. The topological polar surface area (TPSA) is 48.9 Å². The number of hydrogen-bond acceptors (Lipinski definition) is 4. The molecule has 1 unspecified atom stereocenters. The smallest absolute Gasteiger partial charge is 0.191 e. The number of hydrogen-bond donors (Lipinski definition) is 2. The molecule has 2 saturated heterocycles. The van der Waals surface area contributed by atoms with Crippen LogP contribution in [0.3, 0.4) is 0 Å². The highest BCUT2D eigenvalue weighted by atomic mass is 32.2. The van der Waals surface area contributed by atoms with Gasteiger partial charge in [-0.15, -0.1) is 0 Å². The predicted molar refractivity (Wildman–Crippen MR) is 116 cm³/mol. The lowest BCUT2D eigenvalue weighted by atomic mass is 9.84. The van der Waals surface area contributed by atoms with Gasteiger partial charge in [-0.05, 0) is 29.9 Å². The van der Waals surface area contributed by atoms with E-state index >= 15 is 0 Å². The number of morpholine rings is 1. The number of ether oxygens (including phenoxy) is 1. The van der Waals surface area contributed by atoms with Crippen molar-refractivity contribution in [1.29, 1.82) is 0 Å². The molecule has 0 radical (unpaired) electrons. The van der Waals surface area contributed by atoms with Gasteiger partial charge >= 0.3 is 0 Å². The van der Waals surface area contributed by atoms with E-state index in [-0.39, 0.29) is 16.8 Å². The monoisotopic (exact) mass is 408 g/mol. The van der Waals surface area contributed by atoms with E-state index in [9.17, 15) is 4.39 Å². The molecule has 3 rings (SSSR count). The van der Waals surface area contributed by atoms with E-state index in [2.05, 4.69) is 34.4 Å². The van der Waals surface area contributed by atoms with Crippen LogP contribution in [0.2, 0.25) is 0 Å². The van der Waals surface area contributed by atoms with Gasteiger partial charge in [0.25, 0.3) is 0 Å². The van der Waals surface area contributed by atoms with Gasteiger partial charge in [-0.2, -0.15) is 11.8 Å². The average molecular weight is 409 g/mol. The van der Waals surface area contributed by atoms with Crippen molar-refractivity contribution in [2.75, 3.05) is 57.9 Å². The summed E-state index contributed by atoms with van der Waals surface area (Å²) in [6.07, 6.45) is 1.19. The van der Waals surface area contributed by atoms with Gasteiger partial charge in [0.2, 0.25) is 0 Å². The lowest BCUT2D eigenvalue weighted by Crippen LogP contribution is -2.60. The van der Waals surface area contributed by atoms with Crippen LogP contribution >= 0.6 is 11.8 Å². The summed E-state index contributed by atoms with van der Waals surface area (Å²) >= 11 is 2.03. The Bertz CT molecular complexity index is 670. The van der Waals surface area contributed by atoms with Crippen LogP contribution in [-0.4, -0.2) is 74.3 Å². The van der Waals surface area contributed by atoms with Gasteiger partial charge in [-0.25, -0.2) is 4.39 Å². The van der Waals surface area contributed by atoms with Gasteiger partial charge in [0.1, 0.15) is 5.82 Å². The number of rotatable bonds is 6. The van der Waals surface area contributed by atoms with Crippen molar-refractivity contribution in [3.05, 3.63) is 35.6 Å². The molecule has 0 spiro atoms. The summed E-state index contributed by atoms with van der Waals surface area (Å²) in [6.45, 7) is 9.43. The van der Waals surface area contributed by atoms with E-state index in [0.717, 1.165) is 50.1 Å². The molecule has 156 valence electrons. The summed E-state index contributed by atoms with van der Waals surface area (Å²) in [7, 11) is 1.80. The maximum absolute atomic E-state index is 13.6. The van der Waals surface area contributed by atoms with Crippen molar-refractivity contribution in [1.82, 2.24) is 15.5 Å². The molecule has 0 aliphatic carbocycles. The minimum Gasteiger partial charge on any atom is -0.379 e. The van der Waals surface area contributed by atoms with E-state index < -0.39 is 0 Å². The molecule has 1 aromatic carbocycles. The molecule has 2 heterocycles. The lowest BCUT2D eigenvalue weighted by Gasteiger charge is -2.43. The Balaban J connectivity index is 1.58. The van der Waals surface area contributed by atoms with E-state index in [1.54, 1.807) is 19.2 Å². The van der Waals surface area contributed by atoms with Crippen LogP contribution < -0.4 is 10.6 Å². The van der Waals surface area contributed by atoms with E-state index in [1.807, 2.05) is 17.8 Å². The summed E-state index contributed by atoms with van der Waals surface area (Å²) in [5.41, 5.74) is 0.946. The standard InChI is InChI=1S/C21H33FN4OS/c1-20(2,17-5-4-6-18(22)13-17)14-24-19(23-3)25-15-21(7-12-28-16-21)26-8-10-27-11-9-26/h4-6,13H,7-12,14-16H2,1-3H3,(H2,23,24,25). The molecule has 2 N–H and O–H groups in total. The maximum atomic E-state index is 13.6. The largest absolute Gasteiger partial charge is 0.379 e. The van der Waals surface area contributed by atoms with Gasteiger partial charge < -0.3 is 15.4 Å². The average Bonchev–Trinajstić information content (AvgIpc) is 3.19. The number of halogens is 1. The molecule has 2 aliphatic rings. The zero-order valence-electron chi connectivity index (χ0n) is 17.3. The zero-order chi connectivity index (χ0) is 20.0. The highest BCUT2D eigenvalue weighted by Crippen LogP contribution is 2.33. The predicted octanol–water partition coefficient (Wildman–Crippen LogP) is 2.48. The second-order valence-electron chi connectivity index (χ2n) is 8.30. The Hall–Kier alpha value is -1.31. The second kappa shape index (κ2) is 9.46. The number of nitrogens with one attached hydrogen (secondary N) is 2. The van der Waals surface area contributed by atoms with Crippen molar-refractivity contribution in [2.45, 2.75) is 31.2 Å². The third-order valence-corrected chi connectivity index (χ3v) is 7.11. The van der Waals surface area contributed by atoms with E-state index in [0.29, 0.717) is 6.54 Å². The third-order valence-electron chi connectivity index (χ3n) is 5.88. The first kappa shape index (κ1) is 21.4. The van der Waals surface area contributed by atoms with Crippen molar-refractivity contribution in [3.63, 3.8) is 0 Å². The van der Waals surface area contributed by atoms with Crippen molar-refractivity contribution in [3.8, 4) is 0 Å². The highest BCUT2D eigenvalue weighted by molar-refractivity contribution is 7.99. The van der Waals surface area contributed by atoms with Crippen LogP contribution in [0.1, 0.15) is 25.8 Å². The quantitative estimate of drug-likeness (QED) is 0.559. The first-order valence-corrected chi connectivity index (χ1v) is 11.2. The van der Waals surface area contributed by atoms with Gasteiger partial charge in [-0.3, -0.25) is 9.89 Å². The highest BCUT2D eigenvalue weighted by Gasteiger charge is 2.40. The maximum Gasteiger partial charge on any atom is 0.191 e. The molecule has 2 aliphatic heterocycles. The van der Waals surface area contributed by atoms with Crippen LogP contribution in [0.5, 0.6) is 0 Å². The number of nitrogens with zero attached hydrogens (tertiary/aromatic N) is 2. The molecule has 1 atom stereocenters. The molecule has 0 saturated carbocycles. The summed E-state index contributed by atoms with van der Waals surface area (Å²) in [5.74, 6) is 2.96. The van der Waals surface area contributed by atoms with Crippen molar-refractivity contribution >= 4 is 17.7 Å². The normalized spacial score (nSPS) is 24.4. The Morgan fingerprint density at radius 2 is 2.11 bits per heavy atom. The SMILES string of the molecule is CN=C(NCC(C)(C)c1cccc(F)c1)NCC1(N2CCOCC2)CCSC1. The molecule has 1 aromatic rings. The van der Waals surface area contributed by atoms with Crippen LogP contribution in [0, 0.1) is 5.82 Å². The van der Waals surface area contributed by atoms with Gasteiger partial charge in [0.05, 0.1) is 13.2 Å². The van der Waals surface area contributed by atoms with Crippen LogP contribution in [-0.2, 0) is 10.2 Å². The molecule has 0 amide bonds. The molecule has 0 aromatic heterocycles. The van der Waals surface area contributed by atoms with Crippen molar-refractivity contribution in [2.24, 2.45) is 4.99 Å². The minimum atomic E-state index is -0.204. The van der Waals surface area contributed by atoms with Gasteiger partial charge in [0.15, 0.2) is 5.96 Å². The molecule has 28 heavy (non-hydrogen) atoms. The van der Waals surface area contributed by atoms with Crippen LogP contribution in [0.4, 0.5) is 4.39 Å². The van der Waals surface area contributed by atoms with Crippen LogP contribution in [0.15, 0.2) is 29.3 Å². The van der Waals surface area contributed by atoms with Gasteiger partial charge in [-0.1, -0.05) is 26.0 Å². The van der Waals surface area contributed by atoms with Gasteiger partial charge in [0, 0.05) is 49.9 Å².